The fourth-order valence-corrected chi connectivity index (χ4v) is 5.47. The van der Waals surface area contributed by atoms with Crippen molar-refractivity contribution < 1.29 is 23.9 Å². The zero-order valence-corrected chi connectivity index (χ0v) is 18.7. The van der Waals surface area contributed by atoms with Gasteiger partial charge in [-0.3, -0.25) is 24.6 Å². The molecule has 172 valence electrons. The van der Waals surface area contributed by atoms with Gasteiger partial charge in [0.05, 0.1) is 12.2 Å². The second-order valence-electron chi connectivity index (χ2n) is 9.63. The molecule has 3 aliphatic heterocycles. The highest BCUT2D eigenvalue weighted by atomic mass is 16.5. The van der Waals surface area contributed by atoms with Gasteiger partial charge in [-0.2, -0.15) is 0 Å². The first-order valence-corrected chi connectivity index (χ1v) is 11.7. The molecule has 0 radical (unpaired) electrons. The lowest BCUT2D eigenvalue weighted by Crippen LogP contribution is -2.59. The van der Waals surface area contributed by atoms with Crippen LogP contribution in [0.25, 0.3) is 0 Å². The van der Waals surface area contributed by atoms with Gasteiger partial charge in [-0.25, -0.2) is 0 Å². The molecule has 32 heavy (non-hydrogen) atoms. The molecule has 8 nitrogen and oxygen atoms in total. The predicted octanol–water partition coefficient (Wildman–Crippen LogP) is 1.86. The van der Waals surface area contributed by atoms with Crippen LogP contribution in [0.2, 0.25) is 0 Å². The quantitative estimate of drug-likeness (QED) is 0.678. The number of carbonyl (C=O) groups excluding carboxylic acids is 3. The van der Waals surface area contributed by atoms with E-state index in [1.54, 1.807) is 11.0 Å². The number of benzene rings is 1. The summed E-state index contributed by atoms with van der Waals surface area (Å²) in [4.78, 5) is 40.6. The van der Waals surface area contributed by atoms with Gasteiger partial charge in [0.2, 0.25) is 11.8 Å². The molecule has 2 saturated heterocycles. The Labute approximate surface area is 188 Å². The van der Waals surface area contributed by atoms with Gasteiger partial charge < -0.3 is 14.4 Å². The average Bonchev–Trinajstić information content (AvgIpc) is 3.28. The van der Waals surface area contributed by atoms with E-state index in [0.29, 0.717) is 30.7 Å². The molecule has 1 aromatic carbocycles. The Bertz CT molecular complexity index is 926. The van der Waals surface area contributed by atoms with Crippen molar-refractivity contribution in [1.82, 2.24) is 15.1 Å². The molecule has 0 spiro atoms. The molecule has 1 aromatic rings. The molecule has 1 N–H and O–H groups in total. The summed E-state index contributed by atoms with van der Waals surface area (Å²) in [7, 11) is 0. The van der Waals surface area contributed by atoms with Gasteiger partial charge in [-0.05, 0) is 63.3 Å². The number of fused-ring (bicyclic) bond motifs is 1. The van der Waals surface area contributed by atoms with Gasteiger partial charge in [0.25, 0.3) is 5.91 Å². The largest absolute Gasteiger partial charge is 0.489 e. The number of hydrogen-bond acceptors (Lipinski definition) is 6. The van der Waals surface area contributed by atoms with Crippen molar-refractivity contribution in [2.75, 3.05) is 13.1 Å². The van der Waals surface area contributed by atoms with Gasteiger partial charge in [0.1, 0.15) is 17.9 Å². The van der Waals surface area contributed by atoms with Crippen molar-refractivity contribution in [2.24, 2.45) is 0 Å². The molecule has 0 aromatic heterocycles. The first-order chi connectivity index (χ1) is 15.4. The standard InChI is InChI=1S/C24H31N3O5/c1-14(2)31-17-12-26(13-17)19-4-3-5-21(19)32-16-6-7-18-15(10-16)11-27(24(18)30)20-8-9-22(28)25-23(20)29/h6-7,10,14,17,19-21H,3-5,8-9,11-13H2,1-2H3,(H,25,28,29)/t19-,20?,21-/m1/s1. The maximum Gasteiger partial charge on any atom is 0.255 e. The minimum absolute atomic E-state index is 0.136. The third kappa shape index (κ3) is 4.01. The number of carbonyl (C=O) groups is 3. The summed E-state index contributed by atoms with van der Waals surface area (Å²) in [5.74, 6) is -0.0471. The van der Waals surface area contributed by atoms with E-state index in [1.807, 2.05) is 12.1 Å². The number of nitrogens with one attached hydrogen (secondary N) is 1. The monoisotopic (exact) mass is 441 g/mol. The van der Waals surface area contributed by atoms with E-state index < -0.39 is 6.04 Å². The molecule has 0 bridgehead atoms. The van der Waals surface area contributed by atoms with E-state index in [2.05, 4.69) is 24.1 Å². The van der Waals surface area contributed by atoms with Gasteiger partial charge in [0.15, 0.2) is 0 Å². The molecule has 5 rings (SSSR count). The number of hydrogen-bond donors (Lipinski definition) is 1. The van der Waals surface area contributed by atoms with Crippen LogP contribution in [0, 0.1) is 0 Å². The fourth-order valence-electron chi connectivity index (χ4n) is 5.47. The van der Waals surface area contributed by atoms with Crippen molar-refractivity contribution in [3.05, 3.63) is 29.3 Å². The summed E-state index contributed by atoms with van der Waals surface area (Å²) in [5.41, 5.74) is 1.49. The minimum atomic E-state index is -0.594. The topological polar surface area (TPSA) is 88.2 Å². The zero-order chi connectivity index (χ0) is 22.4. The SMILES string of the molecule is CC(C)OC1CN([C@@H]2CCC[C@H]2Oc2ccc3c(c2)CN(C2CCC(=O)NC2=O)C3=O)C1. The highest BCUT2D eigenvalue weighted by Crippen LogP contribution is 2.34. The normalized spacial score (nSPS) is 28.8. The molecule has 3 amide bonds. The van der Waals surface area contributed by atoms with Crippen LogP contribution < -0.4 is 10.1 Å². The van der Waals surface area contributed by atoms with E-state index in [0.717, 1.165) is 43.7 Å². The van der Waals surface area contributed by atoms with Crippen LogP contribution in [-0.2, 0) is 20.9 Å². The Morgan fingerprint density at radius 3 is 2.66 bits per heavy atom. The summed E-state index contributed by atoms with van der Waals surface area (Å²) in [6.07, 6.45) is 4.64. The second kappa shape index (κ2) is 8.48. The van der Waals surface area contributed by atoms with Crippen molar-refractivity contribution >= 4 is 17.7 Å². The summed E-state index contributed by atoms with van der Waals surface area (Å²) >= 11 is 0. The molecule has 3 heterocycles. The van der Waals surface area contributed by atoms with Crippen molar-refractivity contribution in [3.63, 3.8) is 0 Å². The Morgan fingerprint density at radius 2 is 1.91 bits per heavy atom. The third-order valence-electron chi connectivity index (χ3n) is 7.01. The third-order valence-corrected chi connectivity index (χ3v) is 7.01. The van der Waals surface area contributed by atoms with Crippen molar-refractivity contribution in [2.45, 2.75) is 82.9 Å². The molecule has 3 fully saturated rings. The first-order valence-electron chi connectivity index (χ1n) is 11.7. The van der Waals surface area contributed by atoms with E-state index in [4.69, 9.17) is 9.47 Å². The van der Waals surface area contributed by atoms with Crippen LogP contribution in [0.15, 0.2) is 18.2 Å². The lowest BCUT2D eigenvalue weighted by atomic mass is 10.0. The smallest absolute Gasteiger partial charge is 0.255 e. The van der Waals surface area contributed by atoms with Crippen LogP contribution in [0.3, 0.4) is 0 Å². The molecular weight excluding hydrogens is 410 g/mol. The fraction of sp³-hybridized carbons (Fsp3) is 0.625. The van der Waals surface area contributed by atoms with Crippen LogP contribution in [-0.4, -0.2) is 71.0 Å². The average molecular weight is 442 g/mol. The lowest BCUT2D eigenvalue weighted by molar-refractivity contribution is -0.136. The number of ether oxygens (including phenoxy) is 2. The van der Waals surface area contributed by atoms with E-state index in [9.17, 15) is 14.4 Å². The van der Waals surface area contributed by atoms with E-state index >= 15 is 0 Å². The second-order valence-corrected chi connectivity index (χ2v) is 9.63. The molecule has 8 heteroatoms. The molecule has 1 unspecified atom stereocenters. The van der Waals surface area contributed by atoms with Gasteiger partial charge in [-0.15, -0.1) is 0 Å². The van der Waals surface area contributed by atoms with Crippen LogP contribution >= 0.6 is 0 Å². The minimum Gasteiger partial charge on any atom is -0.489 e. The Morgan fingerprint density at radius 1 is 1.09 bits per heavy atom. The summed E-state index contributed by atoms with van der Waals surface area (Å²) in [5, 5.41) is 2.34. The van der Waals surface area contributed by atoms with E-state index in [-0.39, 0.29) is 36.4 Å². The summed E-state index contributed by atoms with van der Waals surface area (Å²) in [6.45, 7) is 6.44. The summed E-state index contributed by atoms with van der Waals surface area (Å²) in [6, 6.07) is 5.41. The first kappa shape index (κ1) is 21.4. The number of rotatable bonds is 6. The maximum absolute atomic E-state index is 12.9. The zero-order valence-electron chi connectivity index (χ0n) is 18.7. The Kier molecular flexibility index (Phi) is 5.67. The van der Waals surface area contributed by atoms with Gasteiger partial charge >= 0.3 is 0 Å². The lowest BCUT2D eigenvalue weighted by Gasteiger charge is -2.45. The van der Waals surface area contributed by atoms with Gasteiger partial charge in [-0.1, -0.05) is 0 Å². The predicted molar refractivity (Wildman–Crippen MR) is 116 cm³/mol. The summed E-state index contributed by atoms with van der Waals surface area (Å²) < 4.78 is 12.3. The maximum atomic E-state index is 12.9. The Hall–Kier alpha value is -2.45. The van der Waals surface area contributed by atoms with Crippen molar-refractivity contribution in [1.29, 1.82) is 0 Å². The highest BCUT2D eigenvalue weighted by molar-refractivity contribution is 6.05. The molecule has 3 atom stereocenters. The highest BCUT2D eigenvalue weighted by Gasteiger charge is 2.42. The molecular formula is C24H31N3O5. The van der Waals surface area contributed by atoms with Gasteiger partial charge in [0, 0.05) is 37.7 Å². The number of imide groups is 1. The number of piperidine rings is 1. The number of nitrogens with zero attached hydrogens (tertiary/aromatic N) is 2. The van der Waals surface area contributed by atoms with Crippen LogP contribution in [0.4, 0.5) is 0 Å². The number of amides is 3. The molecule has 4 aliphatic rings. The van der Waals surface area contributed by atoms with E-state index in [1.165, 1.54) is 0 Å². The van der Waals surface area contributed by atoms with Crippen LogP contribution in [0.5, 0.6) is 5.75 Å². The van der Waals surface area contributed by atoms with Crippen LogP contribution in [0.1, 0.15) is 61.9 Å². The Balaban J connectivity index is 1.23. The number of likely N-dealkylation sites (tertiary alicyclic amines) is 1. The molecule has 1 saturated carbocycles. The molecule has 1 aliphatic carbocycles. The van der Waals surface area contributed by atoms with Crippen molar-refractivity contribution in [3.8, 4) is 5.75 Å².